The van der Waals surface area contributed by atoms with E-state index in [1.54, 1.807) is 24.1 Å². The zero-order chi connectivity index (χ0) is 27.4. The van der Waals surface area contributed by atoms with Crippen molar-refractivity contribution >= 4 is 22.9 Å². The molecule has 1 atom stereocenters. The smallest absolute Gasteiger partial charge is 0.319 e. The number of hydrogen-bond donors (Lipinski definition) is 2. The lowest BCUT2D eigenvalue weighted by molar-refractivity contribution is -0.129. The van der Waals surface area contributed by atoms with Crippen molar-refractivity contribution in [2.24, 2.45) is 0 Å². The summed E-state index contributed by atoms with van der Waals surface area (Å²) in [6, 6.07) is 10.8. The van der Waals surface area contributed by atoms with E-state index in [-0.39, 0.29) is 29.8 Å². The molecule has 0 spiro atoms. The van der Waals surface area contributed by atoms with Crippen molar-refractivity contribution in [3.63, 3.8) is 0 Å². The molecule has 10 nitrogen and oxygen atoms in total. The quantitative estimate of drug-likeness (QED) is 0.375. The van der Waals surface area contributed by atoms with Gasteiger partial charge in [-0.05, 0) is 37.3 Å². The van der Waals surface area contributed by atoms with E-state index in [9.17, 15) is 18.2 Å². The highest BCUT2D eigenvalue weighted by molar-refractivity contribution is 7.82. The first-order valence-electron chi connectivity index (χ1n) is 12.0. The summed E-state index contributed by atoms with van der Waals surface area (Å²) in [5.41, 5.74) is 2.54. The van der Waals surface area contributed by atoms with E-state index in [0.717, 1.165) is 11.6 Å². The number of benzene rings is 2. The third kappa shape index (κ3) is 9.08. The largest absolute Gasteiger partial charge is 0.454 e. The van der Waals surface area contributed by atoms with Crippen LogP contribution in [0, 0.1) is 12.7 Å². The molecule has 1 saturated heterocycles. The highest BCUT2D eigenvalue weighted by Gasteiger charge is 2.24. The van der Waals surface area contributed by atoms with E-state index in [4.69, 9.17) is 14.7 Å². The molecule has 3 rings (SSSR count). The fraction of sp³-hybridized carbons (Fsp3) is 0.440. The van der Waals surface area contributed by atoms with Gasteiger partial charge in [0.15, 0.2) is 11.6 Å². The van der Waals surface area contributed by atoms with Crippen LogP contribution in [0.5, 0.6) is 11.5 Å². The normalized spacial score (nSPS) is 13.9. The van der Waals surface area contributed by atoms with E-state index in [1.165, 1.54) is 26.8 Å². The first kappa shape index (κ1) is 30.2. The number of halogens is 1. The third-order valence-corrected chi connectivity index (χ3v) is 6.76. The van der Waals surface area contributed by atoms with Gasteiger partial charge >= 0.3 is 6.03 Å². The topological polar surface area (TPSA) is 112 Å². The Balaban J connectivity index is 0.00000235. The number of amides is 3. The summed E-state index contributed by atoms with van der Waals surface area (Å²) >= 11 is 0. The maximum atomic E-state index is 14.7. The van der Waals surface area contributed by atoms with Crippen molar-refractivity contribution in [3.05, 3.63) is 53.8 Å². The minimum Gasteiger partial charge on any atom is -0.454 e. The van der Waals surface area contributed by atoms with Crippen LogP contribution in [0.25, 0.3) is 0 Å². The van der Waals surface area contributed by atoms with Gasteiger partial charge in [-0.3, -0.25) is 10.0 Å². The van der Waals surface area contributed by atoms with Crippen LogP contribution in [0.15, 0.2) is 47.4 Å². The number of morpholine rings is 1. The van der Waals surface area contributed by atoms with E-state index < -0.39 is 29.3 Å². The van der Waals surface area contributed by atoms with E-state index >= 15 is 0 Å². The second kappa shape index (κ2) is 15.3. The second-order valence-electron chi connectivity index (χ2n) is 7.96. The Bertz CT molecular complexity index is 1050. The number of aryl methyl sites for hydroxylation is 1. The van der Waals surface area contributed by atoms with Gasteiger partial charge in [-0.15, -0.1) is 0 Å². The van der Waals surface area contributed by atoms with Crippen molar-refractivity contribution in [1.29, 1.82) is 0 Å². The molecule has 0 saturated carbocycles. The Morgan fingerprint density at radius 3 is 2.38 bits per heavy atom. The average Bonchev–Trinajstić information content (AvgIpc) is 2.93. The number of carbonyl (C=O) groups excluding carboxylic acids is 2. The molecule has 1 heterocycles. The van der Waals surface area contributed by atoms with Crippen LogP contribution in [0.1, 0.15) is 19.4 Å². The molecule has 1 unspecified atom stereocenters. The van der Waals surface area contributed by atoms with Gasteiger partial charge in [0.2, 0.25) is 0 Å². The molecule has 1 aliphatic heterocycles. The molecule has 0 aliphatic carbocycles. The molecule has 204 valence electrons. The summed E-state index contributed by atoms with van der Waals surface area (Å²) in [7, 11) is -0.352. The third-order valence-electron chi connectivity index (χ3n) is 5.33. The molecule has 1 aliphatic rings. The monoisotopic (exact) mass is 538 g/mol. The van der Waals surface area contributed by atoms with Crippen LogP contribution in [-0.2, 0) is 20.5 Å². The SMILES string of the molecule is CC.Cc1ccc(Oc2ccc(S(=O)N(CCN(C)C(=O)N3CCOCC3)CC(=O)NO)cc2F)cc1. The van der Waals surface area contributed by atoms with Gasteiger partial charge in [-0.25, -0.2) is 23.2 Å². The lowest BCUT2D eigenvalue weighted by Gasteiger charge is -2.32. The molecule has 2 aromatic carbocycles. The van der Waals surface area contributed by atoms with Gasteiger partial charge in [0.05, 0.1) is 24.7 Å². The van der Waals surface area contributed by atoms with E-state index in [2.05, 4.69) is 0 Å². The lowest BCUT2D eigenvalue weighted by Crippen LogP contribution is -2.49. The Kier molecular flexibility index (Phi) is 12.4. The minimum atomic E-state index is -1.95. The van der Waals surface area contributed by atoms with Crippen LogP contribution in [-0.4, -0.2) is 88.4 Å². The number of nitrogens with zero attached hydrogens (tertiary/aromatic N) is 3. The highest BCUT2D eigenvalue weighted by atomic mass is 32.2. The summed E-state index contributed by atoms with van der Waals surface area (Å²) in [6.45, 7) is 7.56. The fourth-order valence-electron chi connectivity index (χ4n) is 3.32. The maximum Gasteiger partial charge on any atom is 0.319 e. The first-order valence-corrected chi connectivity index (χ1v) is 13.1. The predicted octanol–water partition coefficient (Wildman–Crippen LogP) is 3.17. The molecule has 12 heteroatoms. The number of hydroxylamine groups is 1. The Morgan fingerprint density at radius 2 is 1.78 bits per heavy atom. The van der Waals surface area contributed by atoms with Crippen LogP contribution < -0.4 is 10.2 Å². The maximum absolute atomic E-state index is 14.7. The number of nitrogens with one attached hydrogen (secondary N) is 1. The Labute approximate surface area is 219 Å². The Hall–Kier alpha value is -3.06. The van der Waals surface area contributed by atoms with Crippen molar-refractivity contribution in [3.8, 4) is 11.5 Å². The van der Waals surface area contributed by atoms with Crippen molar-refractivity contribution < 1.29 is 32.9 Å². The molecule has 3 amide bonds. The number of rotatable bonds is 9. The number of likely N-dealkylation sites (N-methyl/N-ethyl adjacent to an activating group) is 1. The van der Waals surface area contributed by atoms with Crippen LogP contribution >= 0.6 is 0 Å². The predicted molar refractivity (Wildman–Crippen MR) is 137 cm³/mol. The van der Waals surface area contributed by atoms with Crippen molar-refractivity contribution in [2.45, 2.75) is 25.7 Å². The molecule has 0 aromatic heterocycles. The zero-order valence-electron chi connectivity index (χ0n) is 21.6. The molecule has 0 radical (unpaired) electrons. The van der Waals surface area contributed by atoms with Gasteiger partial charge in [0.1, 0.15) is 16.7 Å². The first-order chi connectivity index (χ1) is 17.8. The molecular weight excluding hydrogens is 503 g/mol. The van der Waals surface area contributed by atoms with Crippen molar-refractivity contribution in [2.75, 3.05) is 53.0 Å². The number of hydrogen-bond acceptors (Lipinski definition) is 6. The molecular formula is C25H35FN4O6S. The summed E-state index contributed by atoms with van der Waals surface area (Å²) in [4.78, 5) is 27.6. The van der Waals surface area contributed by atoms with Crippen molar-refractivity contribution in [1.82, 2.24) is 19.6 Å². The van der Waals surface area contributed by atoms with Gasteiger partial charge in [-0.1, -0.05) is 31.5 Å². The molecule has 37 heavy (non-hydrogen) atoms. The van der Waals surface area contributed by atoms with Gasteiger partial charge in [-0.2, -0.15) is 0 Å². The van der Waals surface area contributed by atoms with Gasteiger partial charge < -0.3 is 19.3 Å². The zero-order valence-corrected chi connectivity index (χ0v) is 22.4. The number of ether oxygens (including phenoxy) is 2. The van der Waals surface area contributed by atoms with Gasteiger partial charge in [0, 0.05) is 33.2 Å². The standard InChI is InChI=1S/C23H29FN4O6S.C2H6/c1-17-3-5-18(6-4-17)34-21-8-7-19(15-20(21)24)35(32)28(16-22(29)25-31)10-9-26(2)23(30)27-11-13-33-14-12-27;1-2/h3-8,15,31H,9-14,16H2,1-2H3,(H,25,29);1-2H3. The highest BCUT2D eigenvalue weighted by Crippen LogP contribution is 2.27. The minimum absolute atomic E-state index is 0.0369. The molecule has 2 aromatic rings. The molecule has 2 N–H and O–H groups in total. The average molecular weight is 539 g/mol. The van der Waals surface area contributed by atoms with Gasteiger partial charge in [0.25, 0.3) is 5.91 Å². The summed E-state index contributed by atoms with van der Waals surface area (Å²) in [5, 5.41) is 8.92. The second-order valence-corrected chi connectivity index (χ2v) is 9.44. The number of urea groups is 1. The van der Waals surface area contributed by atoms with Crippen LogP contribution in [0.4, 0.5) is 9.18 Å². The van der Waals surface area contributed by atoms with E-state index in [1.807, 2.05) is 32.9 Å². The lowest BCUT2D eigenvalue weighted by atomic mass is 10.2. The van der Waals surface area contributed by atoms with Crippen LogP contribution in [0.2, 0.25) is 0 Å². The summed E-state index contributed by atoms with van der Waals surface area (Å²) in [6.07, 6.45) is 0. The fourth-order valence-corrected chi connectivity index (χ4v) is 4.49. The van der Waals surface area contributed by atoms with E-state index in [0.29, 0.717) is 32.1 Å². The van der Waals surface area contributed by atoms with Crippen LogP contribution in [0.3, 0.4) is 0 Å². The molecule has 0 bridgehead atoms. The molecule has 1 fully saturated rings. The number of carbonyl (C=O) groups is 2. The Morgan fingerprint density at radius 1 is 1.14 bits per heavy atom. The summed E-state index contributed by atoms with van der Waals surface area (Å²) < 4.78 is 40.0. The summed E-state index contributed by atoms with van der Waals surface area (Å²) in [5.74, 6) is -1.09.